The number of thiazole rings is 1. The first-order valence-corrected chi connectivity index (χ1v) is 6.00. The lowest BCUT2D eigenvalue weighted by atomic mass is 10.3. The van der Waals surface area contributed by atoms with Crippen molar-refractivity contribution in [3.63, 3.8) is 0 Å². The van der Waals surface area contributed by atoms with Gasteiger partial charge in [-0.1, -0.05) is 13.3 Å². The van der Waals surface area contributed by atoms with Gasteiger partial charge in [-0.15, -0.1) is 11.3 Å². The summed E-state index contributed by atoms with van der Waals surface area (Å²) >= 11 is 1.29. The molecule has 0 bridgehead atoms. The Kier molecular flexibility index (Phi) is 3.24. The molecule has 2 rings (SSSR count). The summed E-state index contributed by atoms with van der Waals surface area (Å²) < 4.78 is 41.7. The molecule has 6 heteroatoms. The lowest BCUT2D eigenvalue weighted by Crippen LogP contribution is -2.01. The lowest BCUT2D eigenvalue weighted by Gasteiger charge is -1.99. The topological polar surface area (TPSA) is 26.0 Å². The highest BCUT2D eigenvalue weighted by molar-refractivity contribution is 7.13. The maximum absolute atomic E-state index is 12.3. The minimum Gasteiger partial charge on any atom is -0.449 e. The van der Waals surface area contributed by atoms with Crippen LogP contribution < -0.4 is 0 Å². The van der Waals surface area contributed by atoms with Crippen molar-refractivity contribution in [2.45, 2.75) is 25.9 Å². The van der Waals surface area contributed by atoms with Crippen molar-refractivity contribution in [2.75, 3.05) is 0 Å². The average Bonchev–Trinajstić information content (AvgIpc) is 2.82. The molecular weight excluding hydrogens is 251 g/mol. The monoisotopic (exact) mass is 261 g/mol. The number of nitrogens with zero attached hydrogens (tertiary/aromatic N) is 1. The number of furan rings is 1. The molecular formula is C11H10F3NOS. The van der Waals surface area contributed by atoms with E-state index in [1.807, 2.05) is 12.3 Å². The van der Waals surface area contributed by atoms with Crippen molar-refractivity contribution < 1.29 is 17.6 Å². The Hall–Kier alpha value is -1.30. The molecule has 0 spiro atoms. The van der Waals surface area contributed by atoms with Crippen LogP contribution in [0, 0.1) is 0 Å². The minimum atomic E-state index is -4.44. The van der Waals surface area contributed by atoms with Crippen LogP contribution in [0.4, 0.5) is 13.2 Å². The Bertz CT molecular complexity index is 501. The SMILES string of the molecule is CCCc1csc(-c2ccc(C(F)(F)F)o2)n1. The van der Waals surface area contributed by atoms with Crippen LogP contribution in [0.5, 0.6) is 0 Å². The van der Waals surface area contributed by atoms with Crippen molar-refractivity contribution in [1.82, 2.24) is 4.98 Å². The molecule has 0 unspecified atom stereocenters. The van der Waals surface area contributed by atoms with Gasteiger partial charge in [-0.05, 0) is 18.6 Å². The van der Waals surface area contributed by atoms with Crippen LogP contribution in [0.25, 0.3) is 10.8 Å². The minimum absolute atomic E-state index is 0.171. The Balaban J connectivity index is 2.24. The zero-order valence-electron chi connectivity index (χ0n) is 9.04. The van der Waals surface area contributed by atoms with E-state index in [9.17, 15) is 13.2 Å². The van der Waals surface area contributed by atoms with Gasteiger partial charge in [-0.3, -0.25) is 0 Å². The lowest BCUT2D eigenvalue weighted by molar-refractivity contribution is -0.152. The molecule has 0 aromatic carbocycles. The van der Waals surface area contributed by atoms with E-state index in [1.54, 1.807) is 0 Å². The second kappa shape index (κ2) is 4.52. The molecule has 2 heterocycles. The summed E-state index contributed by atoms with van der Waals surface area (Å²) in [6.07, 6.45) is -2.67. The van der Waals surface area contributed by atoms with E-state index in [0.29, 0.717) is 5.01 Å². The molecule has 0 aliphatic rings. The molecule has 92 valence electrons. The highest BCUT2D eigenvalue weighted by Gasteiger charge is 2.35. The van der Waals surface area contributed by atoms with Gasteiger partial charge in [0.1, 0.15) is 0 Å². The first-order valence-electron chi connectivity index (χ1n) is 5.12. The fourth-order valence-corrected chi connectivity index (χ4v) is 2.21. The van der Waals surface area contributed by atoms with Gasteiger partial charge >= 0.3 is 6.18 Å². The molecule has 0 aliphatic carbocycles. The van der Waals surface area contributed by atoms with Gasteiger partial charge in [-0.2, -0.15) is 13.2 Å². The van der Waals surface area contributed by atoms with Gasteiger partial charge in [0.15, 0.2) is 10.8 Å². The summed E-state index contributed by atoms with van der Waals surface area (Å²) in [7, 11) is 0. The quantitative estimate of drug-likeness (QED) is 0.819. The van der Waals surface area contributed by atoms with Crippen molar-refractivity contribution >= 4 is 11.3 Å². The van der Waals surface area contributed by atoms with Gasteiger partial charge in [0.05, 0.1) is 5.69 Å². The number of aryl methyl sites for hydroxylation is 1. The molecule has 17 heavy (non-hydrogen) atoms. The fraction of sp³-hybridized carbons (Fsp3) is 0.364. The van der Waals surface area contributed by atoms with E-state index >= 15 is 0 Å². The zero-order valence-corrected chi connectivity index (χ0v) is 9.86. The van der Waals surface area contributed by atoms with Crippen molar-refractivity contribution in [2.24, 2.45) is 0 Å². The Morgan fingerprint density at radius 2 is 2.12 bits per heavy atom. The maximum atomic E-state index is 12.3. The average molecular weight is 261 g/mol. The molecule has 2 aromatic heterocycles. The normalized spacial score (nSPS) is 12.0. The van der Waals surface area contributed by atoms with Gasteiger partial charge < -0.3 is 4.42 Å². The van der Waals surface area contributed by atoms with Crippen LogP contribution in [0.15, 0.2) is 21.9 Å². The van der Waals surface area contributed by atoms with Crippen LogP contribution in [-0.2, 0) is 12.6 Å². The number of aromatic nitrogens is 1. The molecule has 0 fully saturated rings. The second-order valence-electron chi connectivity index (χ2n) is 3.56. The maximum Gasteiger partial charge on any atom is 0.449 e. The zero-order chi connectivity index (χ0) is 12.5. The molecule has 0 saturated carbocycles. The third-order valence-corrected chi connectivity index (χ3v) is 3.06. The van der Waals surface area contributed by atoms with Gasteiger partial charge in [0.2, 0.25) is 5.76 Å². The van der Waals surface area contributed by atoms with Crippen LogP contribution in [0.3, 0.4) is 0 Å². The summed E-state index contributed by atoms with van der Waals surface area (Å²) in [6, 6.07) is 2.23. The molecule has 0 saturated heterocycles. The van der Waals surface area contributed by atoms with E-state index in [-0.39, 0.29) is 5.76 Å². The molecule has 2 aromatic rings. The first kappa shape index (κ1) is 12.2. The highest BCUT2D eigenvalue weighted by Crippen LogP contribution is 2.34. The smallest absolute Gasteiger partial charge is 0.449 e. The van der Waals surface area contributed by atoms with Crippen molar-refractivity contribution in [1.29, 1.82) is 0 Å². The molecule has 0 radical (unpaired) electrons. The predicted molar refractivity (Wildman–Crippen MR) is 58.8 cm³/mol. The van der Waals surface area contributed by atoms with Gasteiger partial charge in [-0.25, -0.2) is 4.98 Å². The standard InChI is InChI=1S/C11H10F3NOS/c1-2-3-7-6-17-10(15-7)8-4-5-9(16-8)11(12,13)14/h4-6H,2-3H2,1H3. The molecule has 0 N–H and O–H groups in total. The molecule has 0 atom stereocenters. The molecule has 0 aliphatic heterocycles. The van der Waals surface area contributed by atoms with Crippen molar-refractivity contribution in [3.05, 3.63) is 29.0 Å². The Morgan fingerprint density at radius 1 is 1.35 bits per heavy atom. The van der Waals surface area contributed by atoms with Crippen LogP contribution in [-0.4, -0.2) is 4.98 Å². The van der Waals surface area contributed by atoms with Gasteiger partial charge in [0.25, 0.3) is 0 Å². The summed E-state index contributed by atoms with van der Waals surface area (Å²) in [6.45, 7) is 2.02. The van der Waals surface area contributed by atoms with E-state index in [1.165, 1.54) is 17.4 Å². The summed E-state index contributed by atoms with van der Waals surface area (Å²) in [4.78, 5) is 4.22. The third-order valence-electron chi connectivity index (χ3n) is 2.15. The number of halogens is 3. The Morgan fingerprint density at radius 3 is 2.71 bits per heavy atom. The Labute approximate surface area is 100 Å². The largest absolute Gasteiger partial charge is 0.449 e. The van der Waals surface area contributed by atoms with E-state index in [2.05, 4.69) is 4.98 Å². The fourth-order valence-electron chi connectivity index (χ4n) is 1.40. The number of hydrogen-bond donors (Lipinski definition) is 0. The van der Waals surface area contributed by atoms with E-state index in [4.69, 9.17) is 4.42 Å². The highest BCUT2D eigenvalue weighted by atomic mass is 32.1. The van der Waals surface area contributed by atoms with Crippen LogP contribution in [0.1, 0.15) is 24.8 Å². The van der Waals surface area contributed by atoms with Gasteiger partial charge in [0, 0.05) is 5.38 Å². The van der Waals surface area contributed by atoms with E-state index < -0.39 is 11.9 Å². The molecule has 0 amide bonds. The first-order chi connectivity index (χ1) is 8.00. The summed E-state index contributed by atoms with van der Waals surface area (Å²) in [5.74, 6) is -0.815. The molecule has 2 nitrogen and oxygen atoms in total. The summed E-state index contributed by atoms with van der Waals surface area (Å²) in [5.41, 5.74) is 0.887. The van der Waals surface area contributed by atoms with E-state index in [0.717, 1.165) is 24.6 Å². The third kappa shape index (κ3) is 2.69. The van der Waals surface area contributed by atoms with Crippen LogP contribution in [0.2, 0.25) is 0 Å². The van der Waals surface area contributed by atoms with Crippen LogP contribution >= 0.6 is 11.3 Å². The number of hydrogen-bond acceptors (Lipinski definition) is 3. The number of alkyl halides is 3. The predicted octanol–water partition coefficient (Wildman–Crippen LogP) is 4.37. The number of rotatable bonds is 3. The summed E-state index contributed by atoms with van der Waals surface area (Å²) in [5, 5.41) is 2.33. The van der Waals surface area contributed by atoms with Crippen molar-refractivity contribution in [3.8, 4) is 10.8 Å². The second-order valence-corrected chi connectivity index (χ2v) is 4.41.